The molecule has 19 heavy (non-hydrogen) atoms. The zero-order valence-electron chi connectivity index (χ0n) is 11.1. The molecular weight excluding hydrogens is 262 g/mol. The van der Waals surface area contributed by atoms with Crippen LogP contribution >= 0.6 is 0 Å². The molecular formula is C14H19NO3S. The summed E-state index contributed by atoms with van der Waals surface area (Å²) in [5, 5.41) is 0. The van der Waals surface area contributed by atoms with E-state index in [1.165, 1.54) is 12.1 Å². The number of nitrogens with zero attached hydrogens (tertiary/aromatic N) is 1. The number of benzene rings is 1. The van der Waals surface area contributed by atoms with Crippen LogP contribution in [0.2, 0.25) is 0 Å². The summed E-state index contributed by atoms with van der Waals surface area (Å²) < 4.78 is 25.8. The van der Waals surface area contributed by atoms with Gasteiger partial charge in [0.2, 0.25) is 5.91 Å². The van der Waals surface area contributed by atoms with E-state index in [0.29, 0.717) is 13.0 Å². The first-order valence-electron chi connectivity index (χ1n) is 6.69. The molecule has 1 aliphatic heterocycles. The molecule has 0 N–H and O–H groups in total. The summed E-state index contributed by atoms with van der Waals surface area (Å²) >= 11 is 0. The fourth-order valence-electron chi connectivity index (χ4n) is 2.39. The first-order chi connectivity index (χ1) is 9.07. The van der Waals surface area contributed by atoms with Gasteiger partial charge in [0.25, 0.3) is 10.0 Å². The number of amides is 1. The molecule has 1 fully saturated rings. The van der Waals surface area contributed by atoms with Crippen LogP contribution in [0.1, 0.15) is 32.6 Å². The van der Waals surface area contributed by atoms with Crippen LogP contribution in [-0.4, -0.2) is 25.2 Å². The highest BCUT2D eigenvalue weighted by molar-refractivity contribution is 7.89. The molecule has 1 aliphatic rings. The monoisotopic (exact) mass is 281 g/mol. The van der Waals surface area contributed by atoms with Crippen molar-refractivity contribution in [3.05, 3.63) is 30.3 Å². The van der Waals surface area contributed by atoms with Crippen molar-refractivity contribution >= 4 is 15.9 Å². The standard InChI is InChI=1S/C14H19NO3S/c1-2-3-7-12-10-11-15(14(12)16)19(17,18)13-8-5-4-6-9-13/h4-6,8-9,12H,2-3,7,10-11H2,1H3/t12-/m0/s1. The summed E-state index contributed by atoms with van der Waals surface area (Å²) in [7, 11) is -3.66. The van der Waals surface area contributed by atoms with Gasteiger partial charge in [-0.05, 0) is 25.0 Å². The van der Waals surface area contributed by atoms with Crippen LogP contribution in [0.25, 0.3) is 0 Å². The predicted molar refractivity (Wildman–Crippen MR) is 73.0 cm³/mol. The number of carbonyl (C=O) groups is 1. The summed E-state index contributed by atoms with van der Waals surface area (Å²) in [6.07, 6.45) is 3.42. The van der Waals surface area contributed by atoms with Gasteiger partial charge in [0.1, 0.15) is 0 Å². The van der Waals surface area contributed by atoms with Crippen molar-refractivity contribution in [2.45, 2.75) is 37.5 Å². The first-order valence-corrected chi connectivity index (χ1v) is 8.13. The molecule has 0 spiro atoms. The van der Waals surface area contributed by atoms with Crippen molar-refractivity contribution in [1.82, 2.24) is 4.31 Å². The lowest BCUT2D eigenvalue weighted by Gasteiger charge is -2.17. The van der Waals surface area contributed by atoms with Gasteiger partial charge in [0, 0.05) is 12.5 Å². The molecule has 1 aromatic carbocycles. The molecule has 1 atom stereocenters. The first kappa shape index (κ1) is 14.1. The van der Waals surface area contributed by atoms with Crippen LogP contribution in [0.15, 0.2) is 35.2 Å². The Balaban J connectivity index is 2.17. The highest BCUT2D eigenvalue weighted by Gasteiger charge is 2.38. The summed E-state index contributed by atoms with van der Waals surface area (Å²) in [4.78, 5) is 12.4. The summed E-state index contributed by atoms with van der Waals surface area (Å²) in [5.74, 6) is -0.365. The lowest BCUT2D eigenvalue weighted by molar-refractivity contribution is -0.127. The molecule has 0 aromatic heterocycles. The van der Waals surface area contributed by atoms with Gasteiger partial charge in [0.05, 0.1) is 4.90 Å². The van der Waals surface area contributed by atoms with E-state index in [1.54, 1.807) is 18.2 Å². The molecule has 1 saturated heterocycles. The van der Waals surface area contributed by atoms with Gasteiger partial charge in [-0.1, -0.05) is 38.0 Å². The van der Waals surface area contributed by atoms with Gasteiger partial charge in [-0.15, -0.1) is 0 Å². The van der Waals surface area contributed by atoms with Crippen LogP contribution in [0.5, 0.6) is 0 Å². The quantitative estimate of drug-likeness (QED) is 0.833. The molecule has 104 valence electrons. The van der Waals surface area contributed by atoms with Crippen LogP contribution in [0.3, 0.4) is 0 Å². The van der Waals surface area contributed by atoms with Gasteiger partial charge in [-0.3, -0.25) is 4.79 Å². The van der Waals surface area contributed by atoms with E-state index in [4.69, 9.17) is 0 Å². The lowest BCUT2D eigenvalue weighted by atomic mass is 10.0. The van der Waals surface area contributed by atoms with Gasteiger partial charge in [-0.2, -0.15) is 0 Å². The Hall–Kier alpha value is -1.36. The largest absolute Gasteiger partial charge is 0.273 e. The van der Waals surface area contributed by atoms with Gasteiger partial charge in [0.15, 0.2) is 0 Å². The molecule has 0 aliphatic carbocycles. The SMILES string of the molecule is CCCC[C@H]1CCN(S(=O)(=O)c2ccccc2)C1=O. The minimum absolute atomic E-state index is 0.126. The molecule has 4 nitrogen and oxygen atoms in total. The minimum atomic E-state index is -3.66. The molecule has 0 bridgehead atoms. The maximum atomic E-state index is 12.4. The van der Waals surface area contributed by atoms with E-state index in [-0.39, 0.29) is 16.7 Å². The Bertz CT molecular complexity index is 539. The third-order valence-electron chi connectivity index (χ3n) is 3.51. The third kappa shape index (κ3) is 2.81. The Morgan fingerprint density at radius 2 is 1.95 bits per heavy atom. The van der Waals surface area contributed by atoms with Gasteiger partial charge in [-0.25, -0.2) is 12.7 Å². The second kappa shape index (κ2) is 5.74. The van der Waals surface area contributed by atoms with Crippen molar-refractivity contribution in [3.8, 4) is 0 Å². The van der Waals surface area contributed by atoms with E-state index >= 15 is 0 Å². The molecule has 0 radical (unpaired) electrons. The molecule has 2 rings (SSSR count). The van der Waals surface area contributed by atoms with Crippen LogP contribution in [0.4, 0.5) is 0 Å². The molecule has 1 aromatic rings. The van der Waals surface area contributed by atoms with Crippen molar-refractivity contribution in [3.63, 3.8) is 0 Å². The number of rotatable bonds is 5. The Morgan fingerprint density at radius 1 is 1.26 bits per heavy atom. The number of hydrogen-bond acceptors (Lipinski definition) is 3. The number of hydrogen-bond donors (Lipinski definition) is 0. The Morgan fingerprint density at radius 3 is 2.58 bits per heavy atom. The zero-order chi connectivity index (χ0) is 13.9. The molecule has 5 heteroatoms. The maximum Gasteiger partial charge on any atom is 0.266 e. The maximum absolute atomic E-state index is 12.4. The average Bonchev–Trinajstić information content (AvgIpc) is 2.79. The highest BCUT2D eigenvalue weighted by Crippen LogP contribution is 2.28. The van der Waals surface area contributed by atoms with E-state index in [0.717, 1.165) is 23.6 Å². The Labute approximate surface area is 114 Å². The van der Waals surface area contributed by atoms with Crippen molar-refractivity contribution in [2.24, 2.45) is 5.92 Å². The van der Waals surface area contributed by atoms with E-state index in [1.807, 2.05) is 0 Å². The summed E-state index contributed by atoms with van der Waals surface area (Å²) in [5.41, 5.74) is 0. The minimum Gasteiger partial charge on any atom is -0.273 e. The topological polar surface area (TPSA) is 54.5 Å². The molecule has 0 saturated carbocycles. The average molecular weight is 281 g/mol. The summed E-state index contributed by atoms with van der Waals surface area (Å²) in [6, 6.07) is 8.16. The fraction of sp³-hybridized carbons (Fsp3) is 0.500. The number of unbranched alkanes of at least 4 members (excludes halogenated alkanes) is 1. The van der Waals surface area contributed by atoms with E-state index in [2.05, 4.69) is 6.92 Å². The molecule has 1 amide bonds. The second-order valence-electron chi connectivity index (χ2n) is 4.86. The fourth-order valence-corrected chi connectivity index (χ4v) is 3.87. The van der Waals surface area contributed by atoms with Crippen LogP contribution in [0, 0.1) is 5.92 Å². The van der Waals surface area contributed by atoms with Crippen LogP contribution in [-0.2, 0) is 14.8 Å². The van der Waals surface area contributed by atoms with Gasteiger partial charge < -0.3 is 0 Å². The summed E-state index contributed by atoms with van der Waals surface area (Å²) in [6.45, 7) is 2.38. The molecule has 1 heterocycles. The van der Waals surface area contributed by atoms with E-state index in [9.17, 15) is 13.2 Å². The van der Waals surface area contributed by atoms with Crippen LogP contribution < -0.4 is 0 Å². The highest BCUT2D eigenvalue weighted by atomic mass is 32.2. The Kier molecular flexibility index (Phi) is 4.24. The third-order valence-corrected chi connectivity index (χ3v) is 5.32. The number of carbonyl (C=O) groups excluding carboxylic acids is 1. The normalized spacial score (nSPS) is 19.9. The smallest absolute Gasteiger partial charge is 0.266 e. The second-order valence-corrected chi connectivity index (χ2v) is 6.72. The van der Waals surface area contributed by atoms with E-state index < -0.39 is 10.0 Å². The van der Waals surface area contributed by atoms with Crippen molar-refractivity contribution in [1.29, 1.82) is 0 Å². The van der Waals surface area contributed by atoms with Crippen molar-refractivity contribution in [2.75, 3.05) is 6.54 Å². The van der Waals surface area contributed by atoms with Crippen molar-refractivity contribution < 1.29 is 13.2 Å². The lowest BCUT2D eigenvalue weighted by Crippen LogP contribution is -2.33. The van der Waals surface area contributed by atoms with Gasteiger partial charge >= 0.3 is 0 Å². The zero-order valence-corrected chi connectivity index (χ0v) is 11.9. The predicted octanol–water partition coefficient (Wildman–Crippen LogP) is 2.41. The molecule has 0 unspecified atom stereocenters. The number of sulfonamides is 1.